The molecule has 1 aromatic heterocycles. The van der Waals surface area contributed by atoms with Crippen molar-refractivity contribution in [1.82, 2.24) is 14.8 Å². The minimum atomic E-state index is -0.450. The number of amides is 1. The molecule has 9 heteroatoms. The van der Waals surface area contributed by atoms with Crippen molar-refractivity contribution in [2.45, 2.75) is 50.1 Å². The zero-order valence-corrected chi connectivity index (χ0v) is 18.7. The van der Waals surface area contributed by atoms with Gasteiger partial charge in [0.05, 0.1) is 10.7 Å². The van der Waals surface area contributed by atoms with E-state index < -0.39 is 4.92 Å². The van der Waals surface area contributed by atoms with Crippen LogP contribution >= 0.6 is 11.8 Å². The first-order valence-electron chi connectivity index (χ1n) is 10.7. The number of rotatable bonds is 7. The molecule has 4 rings (SSSR count). The fraction of sp³-hybridized carbons (Fsp3) is 0.348. The molecule has 3 aromatic rings. The van der Waals surface area contributed by atoms with Crippen molar-refractivity contribution in [1.29, 1.82) is 0 Å². The summed E-state index contributed by atoms with van der Waals surface area (Å²) in [6.45, 7) is 1.67. The van der Waals surface area contributed by atoms with Crippen molar-refractivity contribution < 1.29 is 9.72 Å². The highest BCUT2D eigenvalue weighted by Crippen LogP contribution is 2.35. The minimum absolute atomic E-state index is 0.0172. The third kappa shape index (κ3) is 4.99. The second-order valence-corrected chi connectivity index (χ2v) is 8.88. The summed E-state index contributed by atoms with van der Waals surface area (Å²) in [5.41, 5.74) is 1.92. The maximum absolute atomic E-state index is 12.5. The van der Waals surface area contributed by atoms with Crippen molar-refractivity contribution in [3.8, 4) is 5.69 Å². The van der Waals surface area contributed by atoms with Crippen LogP contribution in [-0.2, 0) is 4.79 Å². The molecule has 1 N–H and O–H groups in total. The van der Waals surface area contributed by atoms with Gasteiger partial charge in [0, 0.05) is 28.9 Å². The number of carbonyl (C=O) groups is 1. The largest absolute Gasteiger partial charge is 0.325 e. The van der Waals surface area contributed by atoms with Gasteiger partial charge in [-0.15, -0.1) is 10.2 Å². The first-order valence-corrected chi connectivity index (χ1v) is 11.7. The van der Waals surface area contributed by atoms with Crippen LogP contribution < -0.4 is 5.32 Å². The highest BCUT2D eigenvalue weighted by atomic mass is 32.2. The molecule has 166 valence electrons. The predicted molar refractivity (Wildman–Crippen MR) is 124 cm³/mol. The summed E-state index contributed by atoms with van der Waals surface area (Å²) in [7, 11) is 0. The van der Waals surface area contributed by atoms with Crippen molar-refractivity contribution in [3.63, 3.8) is 0 Å². The Kier molecular flexibility index (Phi) is 6.84. The van der Waals surface area contributed by atoms with Gasteiger partial charge in [0.25, 0.3) is 5.69 Å². The third-order valence-electron chi connectivity index (χ3n) is 5.67. The first-order chi connectivity index (χ1) is 15.5. The normalized spacial score (nSPS) is 14.3. The molecular formula is C23H25N5O3S. The van der Waals surface area contributed by atoms with E-state index in [0.29, 0.717) is 22.3 Å². The van der Waals surface area contributed by atoms with Crippen LogP contribution in [0.3, 0.4) is 0 Å². The van der Waals surface area contributed by atoms with Crippen LogP contribution in [0.4, 0.5) is 11.4 Å². The van der Waals surface area contributed by atoms with Gasteiger partial charge in [0.1, 0.15) is 5.82 Å². The number of benzene rings is 2. The monoisotopic (exact) mass is 451 g/mol. The number of carbonyl (C=O) groups excluding carboxylic acids is 1. The Morgan fingerprint density at radius 2 is 1.91 bits per heavy atom. The van der Waals surface area contributed by atoms with Gasteiger partial charge >= 0.3 is 0 Å². The van der Waals surface area contributed by atoms with Gasteiger partial charge in [0.15, 0.2) is 5.16 Å². The lowest BCUT2D eigenvalue weighted by Crippen LogP contribution is -2.15. The standard InChI is InChI=1S/C23H25N5O3S/c1-16-12-13-18(14-20(16)28(30)31)24-21(29)15-32-23-26-25-22(17-8-4-2-5-9-17)27(23)19-10-6-3-7-11-19/h3,6-7,10-14,17H,2,4-5,8-9,15H2,1H3,(H,24,29). The number of para-hydroxylation sites is 1. The van der Waals surface area contributed by atoms with E-state index >= 15 is 0 Å². The van der Waals surface area contributed by atoms with Gasteiger partial charge in [-0.2, -0.15) is 0 Å². The van der Waals surface area contributed by atoms with E-state index in [0.717, 1.165) is 24.4 Å². The first kappa shape index (κ1) is 22.0. The van der Waals surface area contributed by atoms with Crippen molar-refractivity contribution in [2.24, 2.45) is 0 Å². The molecule has 32 heavy (non-hydrogen) atoms. The Hall–Kier alpha value is -3.20. The SMILES string of the molecule is Cc1ccc(NC(=O)CSc2nnc(C3CCCCC3)n2-c2ccccc2)cc1[N+](=O)[O-]. The number of nitro benzene ring substituents is 1. The predicted octanol–water partition coefficient (Wildman–Crippen LogP) is 5.26. The fourth-order valence-electron chi connectivity index (χ4n) is 4.03. The number of anilines is 1. The number of aromatic nitrogens is 3. The molecule has 0 saturated heterocycles. The van der Waals surface area contributed by atoms with E-state index in [9.17, 15) is 14.9 Å². The number of aryl methyl sites for hydroxylation is 1. The molecule has 2 aromatic carbocycles. The molecule has 1 saturated carbocycles. The molecule has 0 spiro atoms. The number of hydrogen-bond acceptors (Lipinski definition) is 6. The lowest BCUT2D eigenvalue weighted by Gasteiger charge is -2.22. The maximum atomic E-state index is 12.5. The number of thioether (sulfide) groups is 1. The van der Waals surface area contributed by atoms with E-state index in [-0.39, 0.29) is 17.3 Å². The highest BCUT2D eigenvalue weighted by Gasteiger charge is 2.24. The topological polar surface area (TPSA) is 103 Å². The van der Waals surface area contributed by atoms with Gasteiger partial charge in [-0.05, 0) is 38.0 Å². The van der Waals surface area contributed by atoms with E-state index in [4.69, 9.17) is 0 Å². The van der Waals surface area contributed by atoms with E-state index in [2.05, 4.69) is 20.1 Å². The third-order valence-corrected chi connectivity index (χ3v) is 6.59. The van der Waals surface area contributed by atoms with Crippen LogP contribution in [0.15, 0.2) is 53.7 Å². The molecule has 1 aliphatic carbocycles. The van der Waals surface area contributed by atoms with Crippen LogP contribution in [0.1, 0.15) is 49.4 Å². The number of nitrogens with one attached hydrogen (secondary N) is 1. The summed E-state index contributed by atoms with van der Waals surface area (Å²) < 4.78 is 2.06. The molecule has 0 aliphatic heterocycles. The van der Waals surface area contributed by atoms with Gasteiger partial charge in [-0.1, -0.05) is 55.3 Å². The van der Waals surface area contributed by atoms with E-state index in [1.807, 2.05) is 30.3 Å². The second-order valence-electron chi connectivity index (χ2n) is 7.94. The van der Waals surface area contributed by atoms with Gasteiger partial charge in [-0.3, -0.25) is 19.5 Å². The fourth-order valence-corrected chi connectivity index (χ4v) is 4.79. The van der Waals surface area contributed by atoms with Crippen LogP contribution in [-0.4, -0.2) is 31.3 Å². The smallest absolute Gasteiger partial charge is 0.274 e. The molecule has 0 atom stereocenters. The molecule has 1 heterocycles. The molecule has 0 radical (unpaired) electrons. The van der Waals surface area contributed by atoms with Crippen LogP contribution in [0.25, 0.3) is 5.69 Å². The molecular weight excluding hydrogens is 426 g/mol. The average Bonchev–Trinajstić information content (AvgIpc) is 3.24. The Labute approximate surface area is 190 Å². The minimum Gasteiger partial charge on any atom is -0.325 e. The van der Waals surface area contributed by atoms with Crippen molar-refractivity contribution in [2.75, 3.05) is 11.1 Å². The van der Waals surface area contributed by atoms with Crippen LogP contribution in [0.5, 0.6) is 0 Å². The Morgan fingerprint density at radius 1 is 1.16 bits per heavy atom. The average molecular weight is 452 g/mol. The lowest BCUT2D eigenvalue weighted by atomic mass is 9.88. The number of nitro groups is 1. The summed E-state index contributed by atoms with van der Waals surface area (Å²) in [6, 6.07) is 14.6. The summed E-state index contributed by atoms with van der Waals surface area (Å²) in [5.74, 6) is 1.19. The molecule has 1 fully saturated rings. The number of hydrogen-bond donors (Lipinski definition) is 1. The number of nitrogens with zero attached hydrogens (tertiary/aromatic N) is 4. The van der Waals surface area contributed by atoms with Crippen LogP contribution in [0.2, 0.25) is 0 Å². The van der Waals surface area contributed by atoms with Gasteiger partial charge < -0.3 is 5.32 Å². The summed E-state index contributed by atoms with van der Waals surface area (Å²) in [4.78, 5) is 23.2. The van der Waals surface area contributed by atoms with E-state index in [1.165, 1.54) is 37.1 Å². The molecule has 1 aliphatic rings. The molecule has 0 unspecified atom stereocenters. The summed E-state index contributed by atoms with van der Waals surface area (Å²) in [6.07, 6.45) is 5.85. The molecule has 8 nitrogen and oxygen atoms in total. The van der Waals surface area contributed by atoms with E-state index in [1.54, 1.807) is 19.1 Å². The highest BCUT2D eigenvalue weighted by molar-refractivity contribution is 7.99. The zero-order valence-electron chi connectivity index (χ0n) is 17.9. The molecule has 0 bridgehead atoms. The second kappa shape index (κ2) is 9.95. The summed E-state index contributed by atoms with van der Waals surface area (Å²) in [5, 5.41) is 23.5. The van der Waals surface area contributed by atoms with Crippen molar-refractivity contribution >= 4 is 29.0 Å². The maximum Gasteiger partial charge on any atom is 0.274 e. The van der Waals surface area contributed by atoms with Gasteiger partial charge in [-0.25, -0.2) is 0 Å². The Morgan fingerprint density at radius 3 is 2.62 bits per heavy atom. The van der Waals surface area contributed by atoms with Crippen molar-refractivity contribution in [3.05, 3.63) is 70.0 Å². The van der Waals surface area contributed by atoms with Crippen LogP contribution in [0, 0.1) is 17.0 Å². The Balaban J connectivity index is 1.50. The molecule has 1 amide bonds. The zero-order chi connectivity index (χ0) is 22.5. The summed E-state index contributed by atoms with van der Waals surface area (Å²) >= 11 is 1.31. The van der Waals surface area contributed by atoms with Gasteiger partial charge in [0.2, 0.25) is 5.91 Å². The lowest BCUT2D eigenvalue weighted by molar-refractivity contribution is -0.385. The Bertz CT molecular complexity index is 1110. The quantitative estimate of drug-likeness (QED) is 0.298.